The molecule has 88 valence electrons. The number of fused-ring (bicyclic) bond motifs is 1. The molecule has 0 amide bonds. The second-order valence-corrected chi connectivity index (χ2v) is 5.07. The minimum atomic E-state index is 0.779. The Bertz CT molecular complexity index is 651. The molecule has 0 aliphatic carbocycles. The summed E-state index contributed by atoms with van der Waals surface area (Å²) in [4.78, 5) is 10.0. The van der Waals surface area contributed by atoms with E-state index in [1.54, 1.807) is 11.3 Å². The van der Waals surface area contributed by atoms with Gasteiger partial charge in [-0.2, -0.15) is 0 Å². The highest BCUT2D eigenvalue weighted by molar-refractivity contribution is 9.08. The number of rotatable bonds is 3. The minimum absolute atomic E-state index is 0.779. The molecule has 0 aliphatic heterocycles. The zero-order chi connectivity index (χ0) is 11.8. The molecule has 3 aromatic heterocycles. The zero-order valence-corrected chi connectivity index (χ0v) is 11.7. The fraction of sp³-hybridized carbons (Fsp3) is 0.273. The summed E-state index contributed by atoms with van der Waals surface area (Å²) in [5.41, 5.74) is 1.16. The molecule has 0 saturated heterocycles. The lowest BCUT2D eigenvalue weighted by Crippen LogP contribution is -2.02. The Labute approximate surface area is 111 Å². The lowest BCUT2D eigenvalue weighted by molar-refractivity contribution is 0.865. The minimum Gasteiger partial charge on any atom is -0.292 e. The number of aromatic nitrogens is 4. The van der Waals surface area contributed by atoms with E-state index in [4.69, 9.17) is 0 Å². The summed E-state index contributed by atoms with van der Waals surface area (Å²) in [7, 11) is 0. The molecule has 0 bridgehead atoms. The summed E-state index contributed by atoms with van der Waals surface area (Å²) in [6.07, 6.45) is 6.75. The molecular formula is C11H11BrN4S. The molecule has 17 heavy (non-hydrogen) atoms. The van der Waals surface area contributed by atoms with Crippen molar-refractivity contribution in [1.29, 1.82) is 0 Å². The molecule has 0 fully saturated rings. The maximum Gasteiger partial charge on any atom is 0.195 e. The van der Waals surface area contributed by atoms with Crippen LogP contribution in [0, 0.1) is 0 Å². The van der Waals surface area contributed by atoms with Gasteiger partial charge >= 0.3 is 0 Å². The summed E-state index contributed by atoms with van der Waals surface area (Å²) in [6, 6.07) is 0. The van der Waals surface area contributed by atoms with Gasteiger partial charge in [-0.1, -0.05) is 22.9 Å². The third kappa shape index (κ3) is 1.63. The van der Waals surface area contributed by atoms with Crippen molar-refractivity contribution < 1.29 is 0 Å². The van der Waals surface area contributed by atoms with E-state index >= 15 is 0 Å². The van der Waals surface area contributed by atoms with E-state index in [9.17, 15) is 0 Å². The van der Waals surface area contributed by atoms with Crippen molar-refractivity contribution in [2.24, 2.45) is 0 Å². The van der Waals surface area contributed by atoms with Crippen molar-refractivity contribution in [3.05, 3.63) is 35.5 Å². The average molecular weight is 311 g/mol. The molecule has 0 unspecified atom stereocenters. The first-order chi connectivity index (χ1) is 8.35. The third-order valence-electron chi connectivity index (χ3n) is 2.73. The van der Waals surface area contributed by atoms with Gasteiger partial charge in [0.1, 0.15) is 5.82 Å². The zero-order valence-electron chi connectivity index (χ0n) is 9.30. The van der Waals surface area contributed by atoms with Gasteiger partial charge in [0, 0.05) is 35.7 Å². The SMILES string of the molecule is CCc1nccn1-c1nc2sccn2c1CBr. The Morgan fingerprint density at radius 2 is 2.29 bits per heavy atom. The van der Waals surface area contributed by atoms with Gasteiger partial charge in [-0.15, -0.1) is 11.3 Å². The van der Waals surface area contributed by atoms with Gasteiger partial charge in [-0.25, -0.2) is 9.97 Å². The second kappa shape index (κ2) is 4.27. The predicted molar refractivity (Wildman–Crippen MR) is 72.2 cm³/mol. The fourth-order valence-electron chi connectivity index (χ4n) is 1.93. The van der Waals surface area contributed by atoms with Crippen LogP contribution >= 0.6 is 27.3 Å². The number of alkyl halides is 1. The second-order valence-electron chi connectivity index (χ2n) is 3.64. The molecule has 0 spiro atoms. The van der Waals surface area contributed by atoms with Crippen LogP contribution < -0.4 is 0 Å². The first-order valence-corrected chi connectivity index (χ1v) is 7.38. The standard InChI is InChI=1S/C11H11BrN4S/c1-2-9-13-3-4-16(9)10-8(7-12)15-5-6-17-11(15)14-10/h3-6H,2,7H2,1H3. The van der Waals surface area contributed by atoms with Crippen LogP contribution in [0.15, 0.2) is 24.0 Å². The topological polar surface area (TPSA) is 35.1 Å². The van der Waals surface area contributed by atoms with Crippen LogP contribution in [-0.2, 0) is 11.8 Å². The van der Waals surface area contributed by atoms with Gasteiger partial charge in [-0.3, -0.25) is 8.97 Å². The molecule has 3 heterocycles. The smallest absolute Gasteiger partial charge is 0.195 e. The van der Waals surface area contributed by atoms with Crippen molar-refractivity contribution in [3.63, 3.8) is 0 Å². The van der Waals surface area contributed by atoms with Gasteiger partial charge in [-0.05, 0) is 0 Å². The third-order valence-corrected chi connectivity index (χ3v) is 4.02. The summed E-state index contributed by atoms with van der Waals surface area (Å²) in [6.45, 7) is 2.10. The van der Waals surface area contributed by atoms with Crippen molar-refractivity contribution in [2.75, 3.05) is 0 Å². The highest BCUT2D eigenvalue weighted by atomic mass is 79.9. The van der Waals surface area contributed by atoms with Crippen molar-refractivity contribution >= 4 is 32.2 Å². The Morgan fingerprint density at radius 1 is 1.41 bits per heavy atom. The summed E-state index contributed by atoms with van der Waals surface area (Å²) in [5.74, 6) is 2.01. The number of nitrogens with zero attached hydrogens (tertiary/aromatic N) is 4. The highest BCUT2D eigenvalue weighted by Gasteiger charge is 2.15. The maximum absolute atomic E-state index is 4.67. The molecule has 3 aromatic rings. The van der Waals surface area contributed by atoms with Gasteiger partial charge in [0.2, 0.25) is 0 Å². The molecule has 3 rings (SSSR count). The predicted octanol–water partition coefficient (Wildman–Crippen LogP) is 3.04. The summed E-state index contributed by atoms with van der Waals surface area (Å²) >= 11 is 5.18. The molecule has 0 N–H and O–H groups in total. The maximum atomic E-state index is 4.67. The van der Waals surface area contributed by atoms with Crippen LogP contribution in [0.3, 0.4) is 0 Å². The summed E-state index contributed by atoms with van der Waals surface area (Å²) < 4.78 is 4.19. The first-order valence-electron chi connectivity index (χ1n) is 5.38. The lowest BCUT2D eigenvalue weighted by Gasteiger charge is -2.04. The molecule has 0 aliphatic rings. The number of hydrogen-bond acceptors (Lipinski definition) is 3. The van der Waals surface area contributed by atoms with Gasteiger partial charge in [0.15, 0.2) is 10.8 Å². The summed E-state index contributed by atoms with van der Waals surface area (Å²) in [5, 5.41) is 2.83. The molecular weight excluding hydrogens is 300 g/mol. The Morgan fingerprint density at radius 3 is 3.06 bits per heavy atom. The molecule has 0 aromatic carbocycles. The number of hydrogen-bond donors (Lipinski definition) is 0. The van der Waals surface area contributed by atoms with Crippen LogP contribution in [0.25, 0.3) is 10.8 Å². The molecule has 0 atom stereocenters. The van der Waals surface area contributed by atoms with E-state index in [0.717, 1.165) is 34.0 Å². The lowest BCUT2D eigenvalue weighted by atomic mass is 10.4. The Balaban J connectivity index is 2.26. The van der Waals surface area contributed by atoms with Crippen molar-refractivity contribution in [1.82, 2.24) is 18.9 Å². The monoisotopic (exact) mass is 310 g/mol. The van der Waals surface area contributed by atoms with E-state index in [0.29, 0.717) is 0 Å². The average Bonchev–Trinajstić information content (AvgIpc) is 3.02. The molecule has 0 radical (unpaired) electrons. The van der Waals surface area contributed by atoms with Gasteiger partial charge < -0.3 is 0 Å². The molecule has 4 nitrogen and oxygen atoms in total. The molecule has 6 heteroatoms. The molecule has 0 saturated carbocycles. The van der Waals surface area contributed by atoms with Gasteiger partial charge in [0.25, 0.3) is 0 Å². The van der Waals surface area contributed by atoms with Crippen molar-refractivity contribution in [2.45, 2.75) is 18.7 Å². The van der Waals surface area contributed by atoms with E-state index < -0.39 is 0 Å². The van der Waals surface area contributed by atoms with Gasteiger partial charge in [0.05, 0.1) is 5.69 Å². The van der Waals surface area contributed by atoms with Crippen LogP contribution in [0.5, 0.6) is 0 Å². The van der Waals surface area contributed by atoms with E-state index in [1.807, 2.05) is 17.8 Å². The Kier molecular flexibility index (Phi) is 2.76. The number of aryl methyl sites for hydroxylation is 1. The quantitative estimate of drug-likeness (QED) is 0.697. The van der Waals surface area contributed by atoms with Crippen LogP contribution in [0.1, 0.15) is 18.4 Å². The van der Waals surface area contributed by atoms with E-state index in [2.05, 4.69) is 48.0 Å². The highest BCUT2D eigenvalue weighted by Crippen LogP contribution is 2.23. The Hall–Kier alpha value is -1.14. The van der Waals surface area contributed by atoms with Crippen LogP contribution in [-0.4, -0.2) is 18.9 Å². The normalized spacial score (nSPS) is 11.4. The number of imidazole rings is 2. The van der Waals surface area contributed by atoms with Crippen LogP contribution in [0.4, 0.5) is 0 Å². The van der Waals surface area contributed by atoms with Crippen molar-refractivity contribution in [3.8, 4) is 5.82 Å². The first kappa shape index (κ1) is 11.0. The fourth-order valence-corrected chi connectivity index (χ4v) is 3.18. The number of thiazole rings is 1. The van der Waals surface area contributed by atoms with E-state index in [-0.39, 0.29) is 0 Å². The van der Waals surface area contributed by atoms with E-state index in [1.165, 1.54) is 0 Å². The number of halogens is 1. The van der Waals surface area contributed by atoms with Crippen LogP contribution in [0.2, 0.25) is 0 Å². The largest absolute Gasteiger partial charge is 0.292 e.